The van der Waals surface area contributed by atoms with Gasteiger partial charge in [-0.1, -0.05) is 45.1 Å². The van der Waals surface area contributed by atoms with Crippen LogP contribution in [0, 0.1) is 11.7 Å². The zero-order valence-corrected chi connectivity index (χ0v) is 14.5. The monoisotopic (exact) mass is 338 g/mol. The van der Waals surface area contributed by atoms with Gasteiger partial charge in [-0.2, -0.15) is 0 Å². The Morgan fingerprint density at radius 1 is 1.00 bits per heavy atom. The van der Waals surface area contributed by atoms with Crippen molar-refractivity contribution >= 4 is 16.7 Å². The third-order valence-electron chi connectivity index (χ3n) is 4.60. The summed E-state index contributed by atoms with van der Waals surface area (Å²) in [7, 11) is 0. The van der Waals surface area contributed by atoms with Gasteiger partial charge in [-0.15, -0.1) is 0 Å². The number of aromatic nitrogens is 3. The molecule has 0 unspecified atom stereocenters. The minimum atomic E-state index is -0.370. The van der Waals surface area contributed by atoms with E-state index in [1.165, 1.54) is 50.7 Å². The van der Waals surface area contributed by atoms with Gasteiger partial charge in [0, 0.05) is 17.1 Å². The average Bonchev–Trinajstić information content (AvgIpc) is 2.63. The Morgan fingerprint density at radius 2 is 1.80 bits per heavy atom. The lowest BCUT2D eigenvalue weighted by molar-refractivity contribution is 0.385. The lowest BCUT2D eigenvalue weighted by atomic mass is 9.91. The predicted octanol–water partition coefficient (Wildman–Crippen LogP) is 5.00. The summed E-state index contributed by atoms with van der Waals surface area (Å²) < 4.78 is 13.1. The van der Waals surface area contributed by atoms with Gasteiger partial charge in [-0.05, 0) is 29.7 Å². The molecule has 2 N–H and O–H groups in total. The maximum absolute atomic E-state index is 13.1. The minimum Gasteiger partial charge on any atom is -0.383 e. The van der Waals surface area contributed by atoms with E-state index in [9.17, 15) is 4.39 Å². The van der Waals surface area contributed by atoms with Crippen LogP contribution in [0.15, 0.2) is 43.0 Å². The van der Waals surface area contributed by atoms with Gasteiger partial charge in [-0.25, -0.2) is 14.4 Å². The SMILES string of the molecule is CC1CCCCC1.Nc1ncnc2ccc(-c3cncc(F)c3)cc12. The van der Waals surface area contributed by atoms with E-state index < -0.39 is 0 Å². The van der Waals surface area contributed by atoms with Crippen molar-refractivity contribution in [2.75, 3.05) is 5.73 Å². The van der Waals surface area contributed by atoms with Crippen molar-refractivity contribution in [1.29, 1.82) is 0 Å². The summed E-state index contributed by atoms with van der Waals surface area (Å²) in [5.74, 6) is 1.07. The molecular weight excluding hydrogens is 315 g/mol. The highest BCUT2D eigenvalue weighted by atomic mass is 19.1. The fourth-order valence-corrected chi connectivity index (χ4v) is 3.13. The number of nitrogen functional groups attached to an aromatic ring is 1. The van der Waals surface area contributed by atoms with E-state index in [1.54, 1.807) is 6.20 Å². The highest BCUT2D eigenvalue weighted by molar-refractivity contribution is 5.91. The summed E-state index contributed by atoms with van der Waals surface area (Å²) in [6, 6.07) is 6.94. The minimum absolute atomic E-state index is 0.370. The number of hydrogen-bond acceptors (Lipinski definition) is 4. The predicted molar refractivity (Wildman–Crippen MR) is 99.4 cm³/mol. The molecule has 1 aromatic carbocycles. The molecule has 1 aliphatic rings. The molecule has 0 amide bonds. The van der Waals surface area contributed by atoms with E-state index in [1.807, 2.05) is 18.2 Å². The van der Waals surface area contributed by atoms with Gasteiger partial charge in [-0.3, -0.25) is 4.98 Å². The van der Waals surface area contributed by atoms with Gasteiger partial charge >= 0.3 is 0 Å². The molecule has 25 heavy (non-hydrogen) atoms. The van der Waals surface area contributed by atoms with E-state index in [0.29, 0.717) is 11.4 Å². The Hall–Kier alpha value is -2.56. The van der Waals surface area contributed by atoms with Crippen LogP contribution in [0.25, 0.3) is 22.0 Å². The van der Waals surface area contributed by atoms with Crippen molar-refractivity contribution in [3.63, 3.8) is 0 Å². The summed E-state index contributed by atoms with van der Waals surface area (Å²) in [4.78, 5) is 11.9. The maximum Gasteiger partial charge on any atom is 0.142 e. The first kappa shape index (κ1) is 17.3. The van der Waals surface area contributed by atoms with E-state index in [0.717, 1.165) is 22.4 Å². The number of hydrogen-bond donors (Lipinski definition) is 1. The first-order valence-electron chi connectivity index (χ1n) is 8.74. The normalized spacial score (nSPS) is 14.8. The second-order valence-electron chi connectivity index (χ2n) is 6.63. The second kappa shape index (κ2) is 8.01. The summed E-state index contributed by atoms with van der Waals surface area (Å²) in [6.07, 6.45) is 11.6. The quantitative estimate of drug-likeness (QED) is 0.678. The van der Waals surface area contributed by atoms with Gasteiger partial charge in [0.2, 0.25) is 0 Å². The molecule has 4 nitrogen and oxygen atoms in total. The van der Waals surface area contributed by atoms with Crippen LogP contribution in [-0.2, 0) is 0 Å². The zero-order valence-electron chi connectivity index (χ0n) is 14.5. The highest BCUT2D eigenvalue weighted by Gasteiger charge is 2.06. The highest BCUT2D eigenvalue weighted by Crippen LogP contribution is 2.25. The summed E-state index contributed by atoms with van der Waals surface area (Å²) in [6.45, 7) is 2.36. The molecule has 2 aromatic heterocycles. The van der Waals surface area contributed by atoms with Crippen molar-refractivity contribution in [2.24, 2.45) is 5.92 Å². The van der Waals surface area contributed by atoms with E-state index in [4.69, 9.17) is 5.73 Å². The lowest BCUT2D eigenvalue weighted by Crippen LogP contribution is -1.99. The van der Waals surface area contributed by atoms with Gasteiger partial charge in [0.25, 0.3) is 0 Å². The molecule has 0 aliphatic heterocycles. The van der Waals surface area contributed by atoms with Crippen LogP contribution in [0.2, 0.25) is 0 Å². The lowest BCUT2D eigenvalue weighted by Gasteiger charge is -2.15. The van der Waals surface area contributed by atoms with Crippen LogP contribution in [0.5, 0.6) is 0 Å². The number of benzene rings is 1. The first-order chi connectivity index (χ1) is 12.1. The molecule has 0 radical (unpaired) electrons. The van der Waals surface area contributed by atoms with Gasteiger partial charge in [0.05, 0.1) is 11.7 Å². The summed E-state index contributed by atoms with van der Waals surface area (Å²) in [5.41, 5.74) is 8.08. The Bertz CT molecular complexity index is 844. The Kier molecular flexibility index (Phi) is 5.53. The van der Waals surface area contributed by atoms with Gasteiger partial charge in [0.1, 0.15) is 18.0 Å². The number of fused-ring (bicyclic) bond motifs is 1. The Morgan fingerprint density at radius 3 is 2.48 bits per heavy atom. The summed E-state index contributed by atoms with van der Waals surface area (Å²) in [5, 5.41) is 0.749. The number of halogens is 1. The molecule has 1 saturated carbocycles. The molecule has 0 saturated heterocycles. The van der Waals surface area contributed by atoms with Crippen molar-refractivity contribution in [1.82, 2.24) is 15.0 Å². The maximum atomic E-state index is 13.1. The molecular formula is C20H23FN4. The fourth-order valence-electron chi connectivity index (χ4n) is 3.13. The zero-order chi connectivity index (χ0) is 17.6. The average molecular weight is 338 g/mol. The molecule has 0 atom stereocenters. The Labute approximate surface area is 147 Å². The molecule has 1 aliphatic carbocycles. The first-order valence-corrected chi connectivity index (χ1v) is 8.74. The van der Waals surface area contributed by atoms with Crippen molar-refractivity contribution in [3.05, 3.63) is 48.8 Å². The molecule has 1 fully saturated rings. The van der Waals surface area contributed by atoms with Crippen LogP contribution in [-0.4, -0.2) is 15.0 Å². The van der Waals surface area contributed by atoms with Crippen molar-refractivity contribution in [3.8, 4) is 11.1 Å². The van der Waals surface area contributed by atoms with E-state index >= 15 is 0 Å². The fraction of sp³-hybridized carbons (Fsp3) is 0.350. The number of pyridine rings is 1. The van der Waals surface area contributed by atoms with Crippen LogP contribution in [0.1, 0.15) is 39.0 Å². The summed E-state index contributed by atoms with van der Waals surface area (Å²) >= 11 is 0. The topological polar surface area (TPSA) is 64.7 Å². The number of nitrogens with zero attached hydrogens (tertiary/aromatic N) is 3. The van der Waals surface area contributed by atoms with Crippen LogP contribution < -0.4 is 5.73 Å². The smallest absolute Gasteiger partial charge is 0.142 e. The van der Waals surface area contributed by atoms with Crippen LogP contribution in [0.4, 0.5) is 10.2 Å². The molecule has 130 valence electrons. The van der Waals surface area contributed by atoms with Crippen molar-refractivity contribution < 1.29 is 4.39 Å². The van der Waals surface area contributed by atoms with Crippen LogP contribution in [0.3, 0.4) is 0 Å². The largest absolute Gasteiger partial charge is 0.383 e. The number of rotatable bonds is 1. The van der Waals surface area contributed by atoms with Gasteiger partial charge < -0.3 is 5.73 Å². The van der Waals surface area contributed by atoms with E-state index in [2.05, 4.69) is 21.9 Å². The third kappa shape index (κ3) is 4.50. The van der Waals surface area contributed by atoms with Crippen molar-refractivity contribution in [2.45, 2.75) is 39.0 Å². The second-order valence-corrected chi connectivity index (χ2v) is 6.63. The van der Waals surface area contributed by atoms with Gasteiger partial charge in [0.15, 0.2) is 0 Å². The number of anilines is 1. The third-order valence-corrected chi connectivity index (χ3v) is 4.60. The molecule has 0 spiro atoms. The Balaban J connectivity index is 0.000000219. The standard InChI is InChI=1S/C13H9FN4.C7H14/c14-10-3-9(5-16-6-10)8-1-2-12-11(4-8)13(15)18-7-17-12;1-7-5-3-2-4-6-7/h1-7H,(H2,15,17,18);7H,2-6H2,1H3. The van der Waals surface area contributed by atoms with E-state index in [-0.39, 0.29) is 5.82 Å². The molecule has 0 bridgehead atoms. The molecule has 4 rings (SSSR count). The molecule has 5 heteroatoms. The number of nitrogens with two attached hydrogens (primary N) is 1. The molecule has 2 heterocycles. The van der Waals surface area contributed by atoms with Crippen LogP contribution >= 0.6 is 0 Å². The molecule has 3 aromatic rings.